The van der Waals surface area contributed by atoms with Crippen LogP contribution >= 0.6 is 22.9 Å². The molecule has 1 aliphatic rings. The summed E-state index contributed by atoms with van der Waals surface area (Å²) in [7, 11) is 0. The molecule has 2 rings (SSSR count). The lowest BCUT2D eigenvalue weighted by Gasteiger charge is -2.36. The predicted molar refractivity (Wildman–Crippen MR) is 73.2 cm³/mol. The molecule has 1 fully saturated rings. The Morgan fingerprint density at radius 1 is 1.44 bits per heavy atom. The molecule has 0 bridgehead atoms. The molecule has 0 aromatic carbocycles. The topological polar surface area (TPSA) is 61.4 Å². The number of aliphatic hydroxyl groups is 1. The van der Waals surface area contributed by atoms with Gasteiger partial charge in [0.05, 0.1) is 9.94 Å². The van der Waals surface area contributed by atoms with Gasteiger partial charge in [0.1, 0.15) is 0 Å². The molecule has 1 aromatic rings. The Hall–Kier alpha value is -0.780. The normalized spacial score (nSPS) is 17.0. The molecule has 0 aliphatic heterocycles. The van der Waals surface area contributed by atoms with E-state index in [0.29, 0.717) is 13.1 Å². The minimum atomic E-state index is -0.668. The van der Waals surface area contributed by atoms with E-state index in [9.17, 15) is 9.90 Å². The maximum Gasteiger partial charge on any atom is 0.314 e. The number of amides is 2. The van der Waals surface area contributed by atoms with Crippen LogP contribution in [-0.2, 0) is 6.42 Å². The molecule has 0 atom stereocenters. The van der Waals surface area contributed by atoms with Crippen LogP contribution in [0.25, 0.3) is 0 Å². The number of halogens is 1. The molecular weight excluding hydrogens is 272 g/mol. The number of hydrogen-bond acceptors (Lipinski definition) is 3. The summed E-state index contributed by atoms with van der Waals surface area (Å²) in [6, 6.07) is 3.59. The van der Waals surface area contributed by atoms with Crippen LogP contribution in [0.5, 0.6) is 0 Å². The van der Waals surface area contributed by atoms with Crippen LogP contribution in [0.4, 0.5) is 4.79 Å². The quantitative estimate of drug-likeness (QED) is 0.777. The number of rotatable bonds is 5. The summed E-state index contributed by atoms with van der Waals surface area (Å²) in [4.78, 5) is 12.6. The zero-order chi connectivity index (χ0) is 13.0. The van der Waals surface area contributed by atoms with Crippen molar-refractivity contribution in [2.45, 2.75) is 31.3 Å². The van der Waals surface area contributed by atoms with Crippen molar-refractivity contribution >= 4 is 29.0 Å². The van der Waals surface area contributed by atoms with Crippen molar-refractivity contribution in [2.75, 3.05) is 13.1 Å². The van der Waals surface area contributed by atoms with E-state index in [-0.39, 0.29) is 6.03 Å². The van der Waals surface area contributed by atoms with Gasteiger partial charge >= 0.3 is 6.03 Å². The third-order valence-corrected chi connectivity index (χ3v) is 4.44. The van der Waals surface area contributed by atoms with Gasteiger partial charge in [-0.3, -0.25) is 0 Å². The summed E-state index contributed by atoms with van der Waals surface area (Å²) >= 11 is 7.34. The molecule has 6 heteroatoms. The van der Waals surface area contributed by atoms with Gasteiger partial charge in [0, 0.05) is 18.0 Å². The lowest BCUT2D eigenvalue weighted by molar-refractivity contribution is -0.0290. The van der Waals surface area contributed by atoms with Gasteiger partial charge in [0.15, 0.2) is 0 Å². The number of nitrogens with one attached hydrogen (secondary N) is 2. The van der Waals surface area contributed by atoms with Crippen LogP contribution in [-0.4, -0.2) is 29.8 Å². The van der Waals surface area contributed by atoms with Gasteiger partial charge in [-0.25, -0.2) is 4.79 Å². The van der Waals surface area contributed by atoms with Crippen LogP contribution in [0, 0.1) is 0 Å². The van der Waals surface area contributed by atoms with Crippen LogP contribution < -0.4 is 10.6 Å². The first-order valence-corrected chi connectivity index (χ1v) is 7.25. The van der Waals surface area contributed by atoms with Crippen molar-refractivity contribution < 1.29 is 9.90 Å². The molecule has 1 saturated carbocycles. The van der Waals surface area contributed by atoms with Crippen molar-refractivity contribution in [3.63, 3.8) is 0 Å². The lowest BCUT2D eigenvalue weighted by atomic mass is 9.80. The maximum atomic E-state index is 11.5. The Bertz CT molecular complexity index is 418. The minimum Gasteiger partial charge on any atom is -0.388 e. The summed E-state index contributed by atoms with van der Waals surface area (Å²) < 4.78 is 0.765. The molecule has 18 heavy (non-hydrogen) atoms. The van der Waals surface area contributed by atoms with Crippen molar-refractivity contribution in [3.05, 3.63) is 21.3 Å². The van der Waals surface area contributed by atoms with E-state index in [1.54, 1.807) is 0 Å². The Kier molecular flexibility index (Phi) is 4.48. The fourth-order valence-corrected chi connectivity index (χ4v) is 2.94. The first-order valence-electron chi connectivity index (χ1n) is 6.06. The SMILES string of the molecule is O=C(NCCc1ccc(Cl)s1)NCC1(O)CCC1. The third kappa shape index (κ3) is 3.86. The summed E-state index contributed by atoms with van der Waals surface area (Å²) in [6.45, 7) is 0.908. The third-order valence-electron chi connectivity index (χ3n) is 3.15. The van der Waals surface area contributed by atoms with E-state index in [4.69, 9.17) is 11.6 Å². The average molecular weight is 289 g/mol. The lowest BCUT2D eigenvalue weighted by Crippen LogP contribution is -2.50. The van der Waals surface area contributed by atoms with Gasteiger partial charge in [0.25, 0.3) is 0 Å². The van der Waals surface area contributed by atoms with Gasteiger partial charge in [-0.05, 0) is 37.8 Å². The highest BCUT2D eigenvalue weighted by Crippen LogP contribution is 2.30. The van der Waals surface area contributed by atoms with Crippen LogP contribution in [0.1, 0.15) is 24.1 Å². The Morgan fingerprint density at radius 2 is 2.22 bits per heavy atom. The zero-order valence-corrected chi connectivity index (χ0v) is 11.6. The van der Waals surface area contributed by atoms with Gasteiger partial charge in [0.2, 0.25) is 0 Å². The highest BCUT2D eigenvalue weighted by atomic mass is 35.5. The largest absolute Gasteiger partial charge is 0.388 e. The Balaban J connectivity index is 1.60. The Labute approximate surface area is 115 Å². The molecule has 2 amide bonds. The summed E-state index contributed by atoms with van der Waals surface area (Å²) in [5.41, 5.74) is -0.668. The molecule has 1 aromatic heterocycles. The number of urea groups is 1. The van der Waals surface area contributed by atoms with E-state index in [2.05, 4.69) is 10.6 Å². The molecule has 1 aliphatic carbocycles. The van der Waals surface area contributed by atoms with Crippen LogP contribution in [0.3, 0.4) is 0 Å². The van der Waals surface area contributed by atoms with E-state index in [1.165, 1.54) is 11.3 Å². The van der Waals surface area contributed by atoms with Gasteiger partial charge in [-0.15, -0.1) is 11.3 Å². The molecule has 0 spiro atoms. The van der Waals surface area contributed by atoms with Crippen molar-refractivity contribution in [3.8, 4) is 0 Å². The average Bonchev–Trinajstić information content (AvgIpc) is 2.70. The summed E-state index contributed by atoms with van der Waals surface area (Å²) in [5, 5.41) is 15.3. The molecule has 100 valence electrons. The molecule has 0 unspecified atom stereocenters. The highest BCUT2D eigenvalue weighted by Gasteiger charge is 2.34. The molecule has 1 heterocycles. The van der Waals surface area contributed by atoms with Crippen LogP contribution in [0.2, 0.25) is 4.34 Å². The second-order valence-corrected chi connectivity index (χ2v) is 6.44. The summed E-state index contributed by atoms with van der Waals surface area (Å²) in [6.07, 6.45) is 3.37. The molecule has 0 radical (unpaired) electrons. The van der Waals surface area contributed by atoms with Crippen molar-refractivity contribution in [1.29, 1.82) is 0 Å². The second-order valence-electron chi connectivity index (χ2n) is 4.64. The predicted octanol–water partition coefficient (Wildman–Crippen LogP) is 2.16. The standard InChI is InChI=1S/C12H17ClN2O2S/c13-10-3-2-9(18-10)4-7-14-11(16)15-8-12(17)5-1-6-12/h2-3,17H,1,4-8H2,(H2,14,15,16). The number of carbonyl (C=O) groups excluding carboxylic acids is 1. The monoisotopic (exact) mass is 288 g/mol. The smallest absolute Gasteiger partial charge is 0.314 e. The van der Waals surface area contributed by atoms with E-state index >= 15 is 0 Å². The van der Waals surface area contributed by atoms with E-state index in [0.717, 1.165) is 34.9 Å². The first kappa shape index (κ1) is 13.6. The van der Waals surface area contributed by atoms with Crippen LogP contribution in [0.15, 0.2) is 12.1 Å². The number of carbonyl (C=O) groups is 1. The van der Waals surface area contributed by atoms with Crippen molar-refractivity contribution in [1.82, 2.24) is 10.6 Å². The molecular formula is C12H17ClN2O2S. The van der Waals surface area contributed by atoms with Gasteiger partial charge < -0.3 is 15.7 Å². The minimum absolute atomic E-state index is 0.224. The van der Waals surface area contributed by atoms with Gasteiger partial charge in [-0.2, -0.15) is 0 Å². The van der Waals surface area contributed by atoms with Crippen molar-refractivity contribution in [2.24, 2.45) is 0 Å². The zero-order valence-electron chi connectivity index (χ0n) is 10.0. The fourth-order valence-electron chi connectivity index (χ4n) is 1.85. The maximum absolute atomic E-state index is 11.5. The molecule has 4 nitrogen and oxygen atoms in total. The number of thiophene rings is 1. The van der Waals surface area contributed by atoms with E-state index in [1.807, 2.05) is 12.1 Å². The second kappa shape index (κ2) is 5.91. The van der Waals surface area contributed by atoms with E-state index < -0.39 is 5.60 Å². The van der Waals surface area contributed by atoms with Gasteiger partial charge in [-0.1, -0.05) is 11.6 Å². The summed E-state index contributed by atoms with van der Waals surface area (Å²) in [5.74, 6) is 0. The highest BCUT2D eigenvalue weighted by molar-refractivity contribution is 7.16. The Morgan fingerprint density at radius 3 is 2.78 bits per heavy atom. The molecule has 3 N–H and O–H groups in total. The first-order chi connectivity index (χ1) is 8.57. The fraction of sp³-hybridized carbons (Fsp3) is 0.583. The number of hydrogen-bond donors (Lipinski definition) is 3. The molecule has 0 saturated heterocycles.